The molecule has 4 heteroatoms. The smallest absolute Gasteiger partial charge is 0.0301 e. The normalized spacial score (nSPS) is 14.2. The summed E-state index contributed by atoms with van der Waals surface area (Å²) in [5.74, 6) is 0.518. The van der Waals surface area contributed by atoms with Crippen molar-refractivity contribution in [3.05, 3.63) is 34.3 Å². The number of hydrogen-bond acceptors (Lipinski definition) is 2. The van der Waals surface area contributed by atoms with Crippen molar-refractivity contribution in [3.8, 4) is 0 Å². The Bertz CT molecular complexity index is 344. The van der Waals surface area contributed by atoms with Gasteiger partial charge in [-0.15, -0.1) is 12.4 Å². The van der Waals surface area contributed by atoms with Crippen LogP contribution in [-0.4, -0.2) is 12.1 Å². The highest BCUT2D eigenvalue weighted by Crippen LogP contribution is 2.17. The maximum Gasteiger partial charge on any atom is 0.0301 e. The molecular formula is C13H22BrClN2. The Labute approximate surface area is 119 Å². The van der Waals surface area contributed by atoms with Gasteiger partial charge < -0.3 is 11.1 Å². The molecule has 1 rings (SSSR count). The highest BCUT2D eigenvalue weighted by Gasteiger charge is 2.25. The van der Waals surface area contributed by atoms with E-state index in [9.17, 15) is 0 Å². The van der Waals surface area contributed by atoms with E-state index in [4.69, 9.17) is 5.73 Å². The minimum atomic E-state index is 0. The van der Waals surface area contributed by atoms with Crippen LogP contribution in [0.1, 0.15) is 26.3 Å². The van der Waals surface area contributed by atoms with E-state index < -0.39 is 0 Å². The van der Waals surface area contributed by atoms with Gasteiger partial charge in [0.05, 0.1) is 0 Å². The summed E-state index contributed by atoms with van der Waals surface area (Å²) in [4.78, 5) is 0. The van der Waals surface area contributed by atoms with Gasteiger partial charge in [-0.05, 0) is 30.5 Å². The Morgan fingerprint density at radius 2 is 2.06 bits per heavy atom. The molecule has 0 saturated heterocycles. The molecule has 0 radical (unpaired) electrons. The Kier molecular flexibility index (Phi) is 7.33. The maximum atomic E-state index is 5.83. The van der Waals surface area contributed by atoms with Gasteiger partial charge in [-0.2, -0.15) is 0 Å². The van der Waals surface area contributed by atoms with Crippen molar-refractivity contribution >= 4 is 28.3 Å². The van der Waals surface area contributed by atoms with Gasteiger partial charge in [0, 0.05) is 23.1 Å². The Morgan fingerprint density at radius 1 is 1.41 bits per heavy atom. The second-order valence-corrected chi connectivity index (χ2v) is 5.68. The molecule has 0 aromatic heterocycles. The van der Waals surface area contributed by atoms with E-state index in [-0.39, 0.29) is 17.9 Å². The Morgan fingerprint density at radius 3 is 2.53 bits per heavy atom. The van der Waals surface area contributed by atoms with E-state index in [1.54, 1.807) is 0 Å². The van der Waals surface area contributed by atoms with Crippen LogP contribution in [0.25, 0.3) is 0 Å². The molecule has 0 aliphatic carbocycles. The molecule has 1 aromatic rings. The van der Waals surface area contributed by atoms with E-state index in [0.29, 0.717) is 12.5 Å². The lowest BCUT2D eigenvalue weighted by Crippen LogP contribution is -2.52. The largest absolute Gasteiger partial charge is 0.329 e. The molecule has 0 fully saturated rings. The summed E-state index contributed by atoms with van der Waals surface area (Å²) in [7, 11) is 0. The van der Waals surface area contributed by atoms with Gasteiger partial charge in [0.1, 0.15) is 0 Å². The number of hydrogen-bond donors (Lipinski definition) is 2. The third kappa shape index (κ3) is 4.96. The second kappa shape index (κ2) is 7.37. The first-order chi connectivity index (χ1) is 7.48. The van der Waals surface area contributed by atoms with Crippen LogP contribution in [0.4, 0.5) is 0 Å². The fourth-order valence-corrected chi connectivity index (χ4v) is 1.91. The number of nitrogens with one attached hydrogen (secondary N) is 1. The lowest BCUT2D eigenvalue weighted by atomic mass is 9.88. The van der Waals surface area contributed by atoms with Crippen LogP contribution in [0, 0.1) is 5.92 Å². The van der Waals surface area contributed by atoms with E-state index in [2.05, 4.69) is 60.2 Å². The highest BCUT2D eigenvalue weighted by atomic mass is 79.9. The van der Waals surface area contributed by atoms with E-state index in [1.807, 2.05) is 6.07 Å². The van der Waals surface area contributed by atoms with Gasteiger partial charge in [0.2, 0.25) is 0 Å². The topological polar surface area (TPSA) is 38.0 Å². The predicted molar refractivity (Wildman–Crippen MR) is 80.5 cm³/mol. The minimum absolute atomic E-state index is 0. The van der Waals surface area contributed by atoms with Crippen molar-refractivity contribution in [1.82, 2.24) is 5.32 Å². The summed E-state index contributed by atoms with van der Waals surface area (Å²) in [6.45, 7) is 8.07. The third-order valence-corrected chi connectivity index (χ3v) is 3.78. The number of benzene rings is 1. The molecule has 0 aliphatic rings. The molecule has 0 spiro atoms. The molecule has 3 N–H and O–H groups in total. The van der Waals surface area contributed by atoms with Gasteiger partial charge >= 0.3 is 0 Å². The summed E-state index contributed by atoms with van der Waals surface area (Å²) in [5.41, 5.74) is 7.11. The molecule has 2 nitrogen and oxygen atoms in total. The molecule has 1 aromatic carbocycles. The molecule has 98 valence electrons. The summed E-state index contributed by atoms with van der Waals surface area (Å²) in [6, 6.07) is 8.34. The molecule has 0 saturated carbocycles. The van der Waals surface area contributed by atoms with Gasteiger partial charge in [-0.1, -0.05) is 41.9 Å². The van der Waals surface area contributed by atoms with Crippen LogP contribution in [-0.2, 0) is 6.54 Å². The van der Waals surface area contributed by atoms with Gasteiger partial charge in [0.15, 0.2) is 0 Å². The van der Waals surface area contributed by atoms with Crippen LogP contribution in [0.15, 0.2) is 28.7 Å². The number of rotatable bonds is 5. The van der Waals surface area contributed by atoms with Crippen molar-refractivity contribution in [2.75, 3.05) is 6.54 Å². The quantitative estimate of drug-likeness (QED) is 0.873. The van der Waals surface area contributed by atoms with Gasteiger partial charge in [-0.25, -0.2) is 0 Å². The number of nitrogens with two attached hydrogens (primary N) is 1. The van der Waals surface area contributed by atoms with Gasteiger partial charge in [-0.3, -0.25) is 0 Å². The van der Waals surface area contributed by atoms with Crippen LogP contribution < -0.4 is 11.1 Å². The highest BCUT2D eigenvalue weighted by molar-refractivity contribution is 9.10. The monoisotopic (exact) mass is 320 g/mol. The fourth-order valence-electron chi connectivity index (χ4n) is 1.46. The fraction of sp³-hybridized carbons (Fsp3) is 0.538. The maximum absolute atomic E-state index is 5.83. The first-order valence-electron chi connectivity index (χ1n) is 5.67. The second-order valence-electron chi connectivity index (χ2n) is 4.76. The summed E-state index contributed by atoms with van der Waals surface area (Å²) in [5, 5.41) is 3.54. The van der Waals surface area contributed by atoms with Crippen molar-refractivity contribution in [3.63, 3.8) is 0 Å². The summed E-state index contributed by atoms with van der Waals surface area (Å²) in [6.07, 6.45) is 0. The Balaban J connectivity index is 0.00000256. The van der Waals surface area contributed by atoms with Crippen LogP contribution >= 0.6 is 28.3 Å². The van der Waals surface area contributed by atoms with Crippen molar-refractivity contribution in [2.24, 2.45) is 11.7 Å². The zero-order chi connectivity index (χ0) is 12.2. The van der Waals surface area contributed by atoms with Crippen molar-refractivity contribution in [2.45, 2.75) is 32.9 Å². The van der Waals surface area contributed by atoms with E-state index >= 15 is 0 Å². The molecule has 1 atom stereocenters. The predicted octanol–water partition coefficient (Wildman–Crippen LogP) is 3.33. The standard InChI is InChI=1S/C13H21BrN2.ClH/c1-10(2)13(3,9-15)16-8-11-5-4-6-12(14)7-11;/h4-7,10,16H,8-9,15H2,1-3H3;1H. The van der Waals surface area contributed by atoms with Crippen molar-refractivity contribution in [1.29, 1.82) is 0 Å². The summed E-state index contributed by atoms with van der Waals surface area (Å²) >= 11 is 3.48. The lowest BCUT2D eigenvalue weighted by Gasteiger charge is -2.34. The molecule has 17 heavy (non-hydrogen) atoms. The van der Waals surface area contributed by atoms with Crippen LogP contribution in [0.3, 0.4) is 0 Å². The SMILES string of the molecule is CC(C)C(C)(CN)NCc1cccc(Br)c1.Cl. The first kappa shape index (κ1) is 16.9. The summed E-state index contributed by atoms with van der Waals surface area (Å²) < 4.78 is 1.12. The zero-order valence-corrected chi connectivity index (χ0v) is 13.1. The van der Waals surface area contributed by atoms with Gasteiger partial charge in [0.25, 0.3) is 0 Å². The van der Waals surface area contributed by atoms with E-state index in [0.717, 1.165) is 11.0 Å². The third-order valence-electron chi connectivity index (χ3n) is 3.28. The average molecular weight is 322 g/mol. The van der Waals surface area contributed by atoms with Crippen LogP contribution in [0.5, 0.6) is 0 Å². The zero-order valence-electron chi connectivity index (χ0n) is 10.7. The Hall–Kier alpha value is -0.0900. The minimum Gasteiger partial charge on any atom is -0.329 e. The molecule has 0 heterocycles. The average Bonchev–Trinajstić information content (AvgIpc) is 2.26. The lowest BCUT2D eigenvalue weighted by molar-refractivity contribution is 0.267. The van der Waals surface area contributed by atoms with E-state index in [1.165, 1.54) is 5.56 Å². The first-order valence-corrected chi connectivity index (χ1v) is 6.47. The van der Waals surface area contributed by atoms with Crippen LogP contribution in [0.2, 0.25) is 0 Å². The van der Waals surface area contributed by atoms with Crippen molar-refractivity contribution < 1.29 is 0 Å². The molecule has 0 bridgehead atoms. The molecule has 1 unspecified atom stereocenters. The molecule has 0 aliphatic heterocycles. The number of halogens is 2. The molecular weight excluding hydrogens is 300 g/mol. The molecule has 0 amide bonds.